The third-order valence-electron chi connectivity index (χ3n) is 1.75. The molecule has 1 aromatic carbocycles. The molecule has 3 heteroatoms. The van der Waals surface area contributed by atoms with Gasteiger partial charge in [-0.2, -0.15) is 5.11 Å². The molecule has 0 atom stereocenters. The Labute approximate surface area is 70.8 Å². The van der Waals surface area contributed by atoms with Gasteiger partial charge in [0.2, 0.25) is 0 Å². The van der Waals surface area contributed by atoms with Crippen molar-refractivity contribution in [3.05, 3.63) is 35.9 Å². The summed E-state index contributed by atoms with van der Waals surface area (Å²) in [5.74, 6) is 0. The third kappa shape index (κ3) is 1.56. The highest BCUT2D eigenvalue weighted by atomic mass is 15.4. The largest absolute Gasteiger partial charge is 0.163 e. The highest BCUT2D eigenvalue weighted by Gasteiger charge is 2.04. The molecule has 0 spiro atoms. The van der Waals surface area contributed by atoms with Crippen LogP contribution in [0.3, 0.4) is 0 Å². The zero-order valence-corrected chi connectivity index (χ0v) is 6.64. The lowest BCUT2D eigenvalue weighted by molar-refractivity contribution is 1.06. The predicted octanol–water partition coefficient (Wildman–Crippen LogP) is 2.05. The van der Waals surface area contributed by atoms with Crippen molar-refractivity contribution in [2.75, 3.05) is 6.54 Å². The van der Waals surface area contributed by atoms with Crippen molar-refractivity contribution < 1.29 is 0 Å². The van der Waals surface area contributed by atoms with Crippen molar-refractivity contribution in [3.63, 3.8) is 0 Å². The first-order valence-corrected chi connectivity index (χ1v) is 3.91. The van der Waals surface area contributed by atoms with Crippen LogP contribution < -0.4 is 0 Å². The highest BCUT2D eigenvalue weighted by molar-refractivity contribution is 5.88. The molecule has 0 amide bonds. The summed E-state index contributed by atoms with van der Waals surface area (Å²) in [7, 11) is 0. The Morgan fingerprint density at radius 3 is 2.67 bits per heavy atom. The number of rotatable bonds is 2. The average Bonchev–Trinajstić information content (AvgIpc) is 2.59. The molecule has 0 bridgehead atoms. The van der Waals surface area contributed by atoms with E-state index < -0.39 is 0 Å². The van der Waals surface area contributed by atoms with Crippen LogP contribution in [0.1, 0.15) is 5.56 Å². The van der Waals surface area contributed by atoms with Crippen LogP contribution in [0.2, 0.25) is 0 Å². The zero-order valence-electron chi connectivity index (χ0n) is 6.64. The summed E-state index contributed by atoms with van der Waals surface area (Å²) in [5, 5.41) is 11.3. The molecule has 0 fully saturated rings. The van der Waals surface area contributed by atoms with Crippen molar-refractivity contribution in [2.45, 2.75) is 6.42 Å². The lowest BCUT2D eigenvalue weighted by Crippen LogP contribution is -2.03. The van der Waals surface area contributed by atoms with Gasteiger partial charge in [0.15, 0.2) is 0 Å². The van der Waals surface area contributed by atoms with Crippen LogP contribution >= 0.6 is 0 Å². The van der Waals surface area contributed by atoms with E-state index in [0.717, 1.165) is 12.1 Å². The van der Waals surface area contributed by atoms with Crippen molar-refractivity contribution in [1.82, 2.24) is 0 Å². The maximum absolute atomic E-state index is 3.91. The molecule has 60 valence electrons. The van der Waals surface area contributed by atoms with E-state index in [1.807, 2.05) is 18.2 Å². The van der Waals surface area contributed by atoms with Gasteiger partial charge < -0.3 is 0 Å². The van der Waals surface area contributed by atoms with Crippen LogP contribution in [0.15, 0.2) is 45.8 Å². The van der Waals surface area contributed by atoms with Crippen molar-refractivity contribution in [2.24, 2.45) is 15.4 Å². The van der Waals surface area contributed by atoms with Gasteiger partial charge in [-0.15, -0.1) is 5.10 Å². The molecule has 0 N–H and O–H groups in total. The van der Waals surface area contributed by atoms with E-state index in [-0.39, 0.29) is 0 Å². The second-order valence-electron chi connectivity index (χ2n) is 2.72. The van der Waals surface area contributed by atoms with E-state index in [2.05, 4.69) is 27.6 Å². The minimum Gasteiger partial charge on any atom is -0.163 e. The SMILES string of the molecule is c1ccc(CC2=NN=NC2)cc1. The highest BCUT2D eigenvalue weighted by Crippen LogP contribution is 2.04. The van der Waals surface area contributed by atoms with Gasteiger partial charge in [-0.05, 0) is 10.8 Å². The quantitative estimate of drug-likeness (QED) is 0.633. The van der Waals surface area contributed by atoms with Crippen LogP contribution in [0.25, 0.3) is 0 Å². The maximum atomic E-state index is 3.91. The topological polar surface area (TPSA) is 37.1 Å². The summed E-state index contributed by atoms with van der Waals surface area (Å²) in [6.07, 6.45) is 0.869. The lowest BCUT2D eigenvalue weighted by Gasteiger charge is -1.97. The molecule has 0 aromatic heterocycles. The minimum atomic E-state index is 0.662. The van der Waals surface area contributed by atoms with Gasteiger partial charge in [0.05, 0.1) is 5.71 Å². The summed E-state index contributed by atoms with van der Waals surface area (Å²) in [5.41, 5.74) is 2.31. The van der Waals surface area contributed by atoms with Crippen LogP contribution in [0.5, 0.6) is 0 Å². The molecule has 0 aliphatic carbocycles. The summed E-state index contributed by atoms with van der Waals surface area (Å²) in [6.45, 7) is 0.662. The number of hydrogen-bond acceptors (Lipinski definition) is 3. The molecule has 3 nitrogen and oxygen atoms in total. The maximum Gasteiger partial charge on any atom is 0.103 e. The van der Waals surface area contributed by atoms with Crippen LogP contribution in [-0.2, 0) is 6.42 Å². The average molecular weight is 159 g/mol. The Morgan fingerprint density at radius 2 is 2.00 bits per heavy atom. The fourth-order valence-corrected chi connectivity index (χ4v) is 1.16. The molecule has 2 rings (SSSR count). The van der Waals surface area contributed by atoms with E-state index >= 15 is 0 Å². The van der Waals surface area contributed by atoms with Crippen LogP contribution in [0.4, 0.5) is 0 Å². The van der Waals surface area contributed by atoms with Gasteiger partial charge in [-0.3, -0.25) is 0 Å². The Bertz CT molecular complexity index is 314. The van der Waals surface area contributed by atoms with Crippen molar-refractivity contribution >= 4 is 5.71 Å². The van der Waals surface area contributed by atoms with Gasteiger partial charge in [0.25, 0.3) is 0 Å². The van der Waals surface area contributed by atoms with Gasteiger partial charge >= 0.3 is 0 Å². The monoisotopic (exact) mass is 159 g/mol. The lowest BCUT2D eigenvalue weighted by atomic mass is 10.1. The molecule has 12 heavy (non-hydrogen) atoms. The molecule has 1 aliphatic heterocycles. The molecule has 1 aliphatic rings. The first-order chi connectivity index (χ1) is 5.95. The Balaban J connectivity index is 2.05. The van der Waals surface area contributed by atoms with Gasteiger partial charge in [0.1, 0.15) is 6.54 Å². The summed E-state index contributed by atoms with van der Waals surface area (Å²) in [6, 6.07) is 10.2. The normalized spacial score (nSPS) is 14.8. The number of hydrogen-bond donors (Lipinski definition) is 0. The Hall–Kier alpha value is -1.51. The van der Waals surface area contributed by atoms with Gasteiger partial charge in [-0.25, -0.2) is 0 Å². The molecule has 0 unspecified atom stereocenters. The fraction of sp³-hybridized carbons (Fsp3) is 0.222. The zero-order chi connectivity index (χ0) is 8.23. The van der Waals surface area contributed by atoms with Crippen molar-refractivity contribution in [3.8, 4) is 0 Å². The Kier molecular flexibility index (Phi) is 1.94. The van der Waals surface area contributed by atoms with Gasteiger partial charge in [-0.1, -0.05) is 30.3 Å². The molecule has 0 saturated heterocycles. The molecule has 1 heterocycles. The van der Waals surface area contributed by atoms with E-state index in [0.29, 0.717) is 6.54 Å². The first-order valence-electron chi connectivity index (χ1n) is 3.91. The second kappa shape index (κ2) is 3.26. The second-order valence-corrected chi connectivity index (χ2v) is 2.72. The van der Waals surface area contributed by atoms with E-state index in [9.17, 15) is 0 Å². The number of nitrogens with zero attached hydrogens (tertiary/aromatic N) is 3. The summed E-state index contributed by atoms with van der Waals surface area (Å²) >= 11 is 0. The minimum absolute atomic E-state index is 0.662. The Morgan fingerprint density at radius 1 is 1.17 bits per heavy atom. The van der Waals surface area contributed by atoms with Crippen molar-refractivity contribution in [1.29, 1.82) is 0 Å². The summed E-state index contributed by atoms with van der Waals surface area (Å²) in [4.78, 5) is 0. The molecule has 0 saturated carbocycles. The smallest absolute Gasteiger partial charge is 0.103 e. The van der Waals surface area contributed by atoms with Gasteiger partial charge in [0, 0.05) is 6.42 Å². The standard InChI is InChI=1S/C9H9N3/c1-2-4-8(5-3-1)6-9-7-10-12-11-9/h1-5H,6-7H2. The van der Waals surface area contributed by atoms with E-state index in [1.165, 1.54) is 5.56 Å². The van der Waals surface area contributed by atoms with E-state index in [1.54, 1.807) is 0 Å². The van der Waals surface area contributed by atoms with E-state index in [4.69, 9.17) is 0 Å². The number of benzene rings is 1. The molecule has 0 radical (unpaired) electrons. The third-order valence-corrected chi connectivity index (χ3v) is 1.75. The molecular weight excluding hydrogens is 150 g/mol. The van der Waals surface area contributed by atoms with Crippen LogP contribution in [0, 0.1) is 0 Å². The molecular formula is C9H9N3. The summed E-state index contributed by atoms with van der Waals surface area (Å²) < 4.78 is 0. The molecule has 1 aromatic rings. The first kappa shape index (κ1) is 7.16. The fourth-order valence-electron chi connectivity index (χ4n) is 1.16. The predicted molar refractivity (Wildman–Crippen MR) is 47.3 cm³/mol. The van der Waals surface area contributed by atoms with Crippen LogP contribution in [-0.4, -0.2) is 12.3 Å².